The summed E-state index contributed by atoms with van der Waals surface area (Å²) in [7, 11) is 0. The van der Waals surface area contributed by atoms with Gasteiger partial charge in [0.1, 0.15) is 17.3 Å². The van der Waals surface area contributed by atoms with Crippen LogP contribution < -0.4 is 10.9 Å². The molecule has 116 valence electrons. The van der Waals surface area contributed by atoms with E-state index in [1.54, 1.807) is 11.3 Å². The van der Waals surface area contributed by atoms with Gasteiger partial charge in [0.25, 0.3) is 5.56 Å². The third-order valence-corrected chi connectivity index (χ3v) is 4.45. The molecule has 21 heavy (non-hydrogen) atoms. The molecule has 0 atom stereocenters. The first-order chi connectivity index (χ1) is 9.99. The van der Waals surface area contributed by atoms with Gasteiger partial charge < -0.3 is 15.0 Å². The standard InChI is InChI=1S/C15H23N3O2S/c1-9(2)16-6-5-7-20-8-12-17-14(19)13-10(3)11(4)21-15(13)18-12/h9,16H,5-8H2,1-4H3,(H,17,18,19). The van der Waals surface area contributed by atoms with Crippen molar-refractivity contribution in [3.63, 3.8) is 0 Å². The molecular weight excluding hydrogens is 286 g/mol. The number of hydrogen-bond acceptors (Lipinski definition) is 5. The molecule has 0 fully saturated rings. The van der Waals surface area contributed by atoms with Crippen LogP contribution in [0, 0.1) is 13.8 Å². The van der Waals surface area contributed by atoms with Gasteiger partial charge in [0.2, 0.25) is 0 Å². The number of H-pyrrole nitrogens is 1. The maximum Gasteiger partial charge on any atom is 0.259 e. The molecule has 0 aliphatic rings. The summed E-state index contributed by atoms with van der Waals surface area (Å²) < 4.78 is 5.57. The highest BCUT2D eigenvalue weighted by Crippen LogP contribution is 2.25. The van der Waals surface area contributed by atoms with Crippen LogP contribution in [0.2, 0.25) is 0 Å². The van der Waals surface area contributed by atoms with Crippen LogP contribution >= 0.6 is 11.3 Å². The lowest BCUT2D eigenvalue weighted by Gasteiger charge is -2.08. The maximum atomic E-state index is 12.1. The zero-order valence-electron chi connectivity index (χ0n) is 13.1. The van der Waals surface area contributed by atoms with Crippen LogP contribution in [0.3, 0.4) is 0 Å². The second kappa shape index (κ2) is 7.15. The van der Waals surface area contributed by atoms with Crippen molar-refractivity contribution in [2.45, 2.75) is 46.8 Å². The smallest absolute Gasteiger partial charge is 0.259 e. The van der Waals surface area contributed by atoms with Crippen molar-refractivity contribution >= 4 is 21.6 Å². The van der Waals surface area contributed by atoms with E-state index in [4.69, 9.17) is 4.74 Å². The SMILES string of the molecule is Cc1sc2nc(COCCCNC(C)C)[nH]c(=O)c2c1C. The molecule has 0 bridgehead atoms. The van der Waals surface area contributed by atoms with Crippen molar-refractivity contribution in [1.29, 1.82) is 0 Å². The van der Waals surface area contributed by atoms with Crippen molar-refractivity contribution in [3.8, 4) is 0 Å². The van der Waals surface area contributed by atoms with Crippen LogP contribution in [0.5, 0.6) is 0 Å². The molecule has 0 spiro atoms. The van der Waals surface area contributed by atoms with Gasteiger partial charge in [-0.15, -0.1) is 11.3 Å². The normalized spacial score (nSPS) is 11.7. The van der Waals surface area contributed by atoms with Crippen molar-refractivity contribution < 1.29 is 4.74 Å². The second-order valence-corrected chi connectivity index (χ2v) is 6.69. The molecule has 0 saturated carbocycles. The highest BCUT2D eigenvalue weighted by molar-refractivity contribution is 7.18. The molecular formula is C15H23N3O2S. The molecule has 2 N–H and O–H groups in total. The summed E-state index contributed by atoms with van der Waals surface area (Å²) >= 11 is 1.56. The van der Waals surface area contributed by atoms with Gasteiger partial charge in [-0.2, -0.15) is 0 Å². The lowest BCUT2D eigenvalue weighted by Crippen LogP contribution is -2.24. The second-order valence-electron chi connectivity index (χ2n) is 5.49. The average Bonchev–Trinajstić information content (AvgIpc) is 2.69. The Balaban J connectivity index is 1.93. The van der Waals surface area contributed by atoms with E-state index in [1.807, 2.05) is 13.8 Å². The van der Waals surface area contributed by atoms with Crippen LogP contribution in [0.1, 0.15) is 36.5 Å². The number of ether oxygens (including phenoxy) is 1. The molecule has 0 amide bonds. The van der Waals surface area contributed by atoms with Gasteiger partial charge in [0.05, 0.1) is 5.39 Å². The van der Waals surface area contributed by atoms with E-state index in [1.165, 1.54) is 0 Å². The summed E-state index contributed by atoms with van der Waals surface area (Å²) in [5.74, 6) is 0.602. The first-order valence-electron chi connectivity index (χ1n) is 7.29. The highest BCUT2D eigenvalue weighted by Gasteiger charge is 2.11. The fourth-order valence-electron chi connectivity index (χ4n) is 2.10. The monoisotopic (exact) mass is 309 g/mol. The quantitative estimate of drug-likeness (QED) is 0.771. The number of aryl methyl sites for hydroxylation is 2. The minimum Gasteiger partial charge on any atom is -0.373 e. The molecule has 5 nitrogen and oxygen atoms in total. The topological polar surface area (TPSA) is 67.0 Å². The van der Waals surface area contributed by atoms with Crippen LogP contribution in [0.25, 0.3) is 10.2 Å². The largest absolute Gasteiger partial charge is 0.373 e. The average molecular weight is 309 g/mol. The zero-order chi connectivity index (χ0) is 15.4. The van der Waals surface area contributed by atoms with Crippen molar-refractivity contribution in [3.05, 3.63) is 26.6 Å². The third-order valence-electron chi connectivity index (χ3n) is 3.34. The van der Waals surface area contributed by atoms with Crippen LogP contribution in [0.15, 0.2) is 4.79 Å². The summed E-state index contributed by atoms with van der Waals surface area (Å²) in [5.41, 5.74) is 0.956. The van der Waals surface area contributed by atoms with E-state index in [0.29, 0.717) is 30.5 Å². The van der Waals surface area contributed by atoms with Gasteiger partial charge in [-0.05, 0) is 32.4 Å². The molecule has 0 radical (unpaired) electrons. The summed E-state index contributed by atoms with van der Waals surface area (Å²) in [5, 5.41) is 4.05. The number of nitrogens with zero attached hydrogens (tertiary/aromatic N) is 1. The molecule has 2 rings (SSSR count). The van der Waals surface area contributed by atoms with Gasteiger partial charge in [-0.25, -0.2) is 4.98 Å². The van der Waals surface area contributed by atoms with E-state index >= 15 is 0 Å². The van der Waals surface area contributed by atoms with E-state index in [2.05, 4.69) is 29.1 Å². The number of nitrogens with one attached hydrogen (secondary N) is 2. The number of aromatic amines is 1. The maximum absolute atomic E-state index is 12.1. The number of hydrogen-bond donors (Lipinski definition) is 2. The Hall–Kier alpha value is -1.24. The van der Waals surface area contributed by atoms with Crippen LogP contribution in [-0.2, 0) is 11.3 Å². The Morgan fingerprint density at radius 3 is 2.86 bits per heavy atom. The van der Waals surface area contributed by atoms with Gasteiger partial charge in [-0.1, -0.05) is 13.8 Å². The molecule has 6 heteroatoms. The highest BCUT2D eigenvalue weighted by atomic mass is 32.1. The molecule has 2 aromatic heterocycles. The first-order valence-corrected chi connectivity index (χ1v) is 8.10. The Labute approximate surface area is 128 Å². The molecule has 0 unspecified atom stereocenters. The lowest BCUT2D eigenvalue weighted by atomic mass is 10.2. The fourth-order valence-corrected chi connectivity index (χ4v) is 3.15. The molecule has 2 heterocycles. The minimum absolute atomic E-state index is 0.0677. The van der Waals surface area contributed by atoms with Gasteiger partial charge in [0, 0.05) is 17.5 Å². The van der Waals surface area contributed by atoms with E-state index in [0.717, 1.165) is 28.2 Å². The summed E-state index contributed by atoms with van der Waals surface area (Å²) in [6.45, 7) is 10.2. The first kappa shape index (κ1) is 16.1. The van der Waals surface area contributed by atoms with Gasteiger partial charge >= 0.3 is 0 Å². The third kappa shape index (κ3) is 4.12. The van der Waals surface area contributed by atoms with Gasteiger partial charge in [-0.3, -0.25) is 4.79 Å². The number of aromatic nitrogens is 2. The van der Waals surface area contributed by atoms with E-state index in [9.17, 15) is 4.79 Å². The minimum atomic E-state index is -0.0677. The Morgan fingerprint density at radius 1 is 1.38 bits per heavy atom. The molecule has 0 saturated heterocycles. The number of fused-ring (bicyclic) bond motifs is 1. The van der Waals surface area contributed by atoms with Gasteiger partial charge in [0.15, 0.2) is 0 Å². The Bertz CT molecular complexity index is 661. The fraction of sp³-hybridized carbons (Fsp3) is 0.600. The number of thiophene rings is 1. The summed E-state index contributed by atoms with van der Waals surface area (Å²) in [6, 6.07) is 0.496. The molecule has 0 aliphatic heterocycles. The predicted molar refractivity (Wildman–Crippen MR) is 87.1 cm³/mol. The number of rotatable bonds is 7. The molecule has 0 aromatic carbocycles. The molecule has 2 aromatic rings. The summed E-state index contributed by atoms with van der Waals surface area (Å²) in [4.78, 5) is 21.3. The van der Waals surface area contributed by atoms with E-state index in [-0.39, 0.29) is 5.56 Å². The van der Waals surface area contributed by atoms with Crippen LogP contribution in [0.4, 0.5) is 0 Å². The Kier molecular flexibility index (Phi) is 5.50. The predicted octanol–water partition coefficient (Wildman–Crippen LogP) is 2.51. The van der Waals surface area contributed by atoms with Crippen molar-refractivity contribution in [2.75, 3.05) is 13.2 Å². The Morgan fingerprint density at radius 2 is 2.14 bits per heavy atom. The van der Waals surface area contributed by atoms with Crippen molar-refractivity contribution in [2.24, 2.45) is 0 Å². The summed E-state index contributed by atoms with van der Waals surface area (Å²) in [6.07, 6.45) is 0.946. The molecule has 0 aliphatic carbocycles. The van der Waals surface area contributed by atoms with Crippen molar-refractivity contribution in [1.82, 2.24) is 15.3 Å². The van der Waals surface area contributed by atoms with E-state index < -0.39 is 0 Å². The lowest BCUT2D eigenvalue weighted by molar-refractivity contribution is 0.113. The zero-order valence-corrected chi connectivity index (χ0v) is 13.9. The van der Waals surface area contributed by atoms with Crippen LogP contribution in [-0.4, -0.2) is 29.2 Å².